The molecule has 0 unspecified atom stereocenters. The van der Waals surface area contributed by atoms with E-state index in [4.69, 9.17) is 4.74 Å². The van der Waals surface area contributed by atoms with Gasteiger partial charge in [-0.1, -0.05) is 12.1 Å². The molecule has 0 fully saturated rings. The number of hydrogen-bond acceptors (Lipinski definition) is 6. The number of amides is 2. The van der Waals surface area contributed by atoms with Crippen molar-refractivity contribution in [1.29, 1.82) is 0 Å². The van der Waals surface area contributed by atoms with Crippen LogP contribution in [0.2, 0.25) is 0 Å². The van der Waals surface area contributed by atoms with Crippen LogP contribution < -0.4 is 20.9 Å². The maximum absolute atomic E-state index is 13.3. The van der Waals surface area contributed by atoms with Gasteiger partial charge in [0.2, 0.25) is 5.60 Å². The molecule has 2 amide bonds. The Balaban J connectivity index is 2.01. The van der Waals surface area contributed by atoms with Crippen LogP contribution in [-0.4, -0.2) is 46.2 Å². The monoisotopic (exact) mass is 440 g/mol. The molecule has 166 valence electrons. The largest absolute Gasteiger partial charge is 0.505 e. The highest BCUT2D eigenvalue weighted by Gasteiger charge is 2.42. The Kier molecular flexibility index (Phi) is 5.08. The number of ether oxygens (including phenoxy) is 1. The van der Waals surface area contributed by atoms with Gasteiger partial charge in [0.1, 0.15) is 22.4 Å². The van der Waals surface area contributed by atoms with Gasteiger partial charge in [0.05, 0.1) is 6.54 Å². The molecule has 10 heteroatoms. The summed E-state index contributed by atoms with van der Waals surface area (Å²) in [5, 5.41) is 15.5. The number of nitrogens with zero attached hydrogens (tertiary/aromatic N) is 2. The van der Waals surface area contributed by atoms with Gasteiger partial charge in [0, 0.05) is 32.3 Å². The molecule has 0 aliphatic carbocycles. The third-order valence-corrected chi connectivity index (χ3v) is 5.53. The van der Waals surface area contributed by atoms with Gasteiger partial charge in [-0.05, 0) is 24.6 Å². The van der Waals surface area contributed by atoms with E-state index in [2.05, 4.69) is 15.6 Å². The Bertz CT molecular complexity index is 1320. The zero-order chi connectivity index (χ0) is 23.2. The van der Waals surface area contributed by atoms with E-state index in [1.54, 1.807) is 12.1 Å². The van der Waals surface area contributed by atoms with E-state index in [1.165, 1.54) is 43.9 Å². The summed E-state index contributed by atoms with van der Waals surface area (Å²) in [5.74, 6) is -2.00. The summed E-state index contributed by atoms with van der Waals surface area (Å²) in [7, 11) is 2.79. The lowest BCUT2D eigenvalue weighted by Crippen LogP contribution is -2.54. The van der Waals surface area contributed by atoms with Crippen molar-refractivity contribution in [3.8, 4) is 11.5 Å². The minimum Gasteiger partial charge on any atom is -0.505 e. The second-order valence-electron chi connectivity index (χ2n) is 7.72. The standard InChI is InChI=1S/C22H21FN4O5/c1-22(21(31)25-3)10-27-16-15(17(28)14(20(27)30)19(29)24-2)26-9-12(18(16)32-22)8-11-4-6-13(23)7-5-11/h4-7,9,28H,8,10H2,1-3H3,(H,24,29)(H,25,31)/t22-/m0/s1. The van der Waals surface area contributed by atoms with Crippen LogP contribution in [0.1, 0.15) is 28.4 Å². The van der Waals surface area contributed by atoms with Crippen molar-refractivity contribution in [1.82, 2.24) is 20.2 Å². The zero-order valence-corrected chi connectivity index (χ0v) is 17.7. The Morgan fingerprint density at radius 1 is 1.25 bits per heavy atom. The molecular formula is C22H21FN4O5. The minimum atomic E-state index is -1.46. The highest BCUT2D eigenvalue weighted by Crippen LogP contribution is 2.40. The Morgan fingerprint density at radius 2 is 1.94 bits per heavy atom. The molecule has 1 aromatic carbocycles. The molecule has 3 aromatic rings. The number of pyridine rings is 2. The summed E-state index contributed by atoms with van der Waals surface area (Å²) < 4.78 is 20.7. The number of rotatable bonds is 4. The summed E-state index contributed by atoms with van der Waals surface area (Å²) in [6.45, 7) is 1.34. The molecule has 0 saturated heterocycles. The molecular weight excluding hydrogens is 419 g/mol. The fraction of sp³-hybridized carbons (Fsp3) is 0.273. The van der Waals surface area contributed by atoms with Gasteiger partial charge in [-0.15, -0.1) is 0 Å². The average molecular weight is 440 g/mol. The number of carbonyl (C=O) groups excluding carboxylic acids is 2. The van der Waals surface area contributed by atoms with Gasteiger partial charge in [-0.2, -0.15) is 0 Å². The fourth-order valence-corrected chi connectivity index (χ4v) is 3.89. The van der Waals surface area contributed by atoms with Crippen LogP contribution in [0.15, 0.2) is 35.3 Å². The van der Waals surface area contributed by atoms with Gasteiger partial charge in [0.15, 0.2) is 11.5 Å². The predicted octanol–water partition coefficient (Wildman–Crippen LogP) is 1.09. The SMILES string of the molecule is CNC(=O)c1c(O)c2ncc(Cc3ccc(F)cc3)c3c2n(c1=O)C[C@@](C)(C(=O)NC)O3. The van der Waals surface area contributed by atoms with E-state index >= 15 is 0 Å². The van der Waals surface area contributed by atoms with Crippen molar-refractivity contribution < 1.29 is 23.8 Å². The molecule has 1 aliphatic heterocycles. The molecule has 0 spiro atoms. The molecule has 0 radical (unpaired) electrons. The van der Waals surface area contributed by atoms with Crippen molar-refractivity contribution in [2.75, 3.05) is 14.1 Å². The molecule has 32 heavy (non-hydrogen) atoms. The van der Waals surface area contributed by atoms with Crippen LogP contribution in [0.4, 0.5) is 4.39 Å². The van der Waals surface area contributed by atoms with E-state index in [0.29, 0.717) is 5.56 Å². The number of likely N-dealkylation sites (N-methyl/N-ethyl adjacent to an activating group) is 1. The second kappa shape index (κ2) is 7.63. The number of aromatic hydroxyl groups is 1. The second-order valence-corrected chi connectivity index (χ2v) is 7.72. The molecule has 2 aromatic heterocycles. The van der Waals surface area contributed by atoms with Crippen LogP contribution >= 0.6 is 0 Å². The van der Waals surface area contributed by atoms with Gasteiger partial charge in [-0.25, -0.2) is 4.39 Å². The number of nitrogens with one attached hydrogen (secondary N) is 2. The van der Waals surface area contributed by atoms with E-state index in [0.717, 1.165) is 5.56 Å². The molecule has 0 bridgehead atoms. The Morgan fingerprint density at radius 3 is 2.56 bits per heavy atom. The Hall–Kier alpha value is -3.95. The summed E-state index contributed by atoms with van der Waals surface area (Å²) in [6, 6.07) is 5.85. The summed E-state index contributed by atoms with van der Waals surface area (Å²) >= 11 is 0. The highest BCUT2D eigenvalue weighted by atomic mass is 19.1. The van der Waals surface area contributed by atoms with Crippen LogP contribution in [0.3, 0.4) is 0 Å². The lowest BCUT2D eigenvalue weighted by Gasteiger charge is -2.36. The maximum Gasteiger partial charge on any atom is 0.268 e. The van der Waals surface area contributed by atoms with Crippen LogP contribution in [-0.2, 0) is 17.8 Å². The topological polar surface area (TPSA) is 123 Å². The molecule has 1 atom stereocenters. The minimum absolute atomic E-state index is 0.0000118. The fourth-order valence-electron chi connectivity index (χ4n) is 3.89. The summed E-state index contributed by atoms with van der Waals surface area (Å²) in [4.78, 5) is 42.4. The normalized spacial score (nSPS) is 17.0. The molecule has 4 rings (SSSR count). The predicted molar refractivity (Wildman–Crippen MR) is 113 cm³/mol. The molecule has 9 nitrogen and oxygen atoms in total. The number of carbonyl (C=O) groups is 2. The van der Waals surface area contributed by atoms with Crippen molar-refractivity contribution >= 4 is 22.8 Å². The van der Waals surface area contributed by atoms with E-state index in [9.17, 15) is 23.9 Å². The lowest BCUT2D eigenvalue weighted by molar-refractivity contribution is -0.136. The molecule has 0 saturated carbocycles. The van der Waals surface area contributed by atoms with Gasteiger partial charge < -0.3 is 20.5 Å². The maximum atomic E-state index is 13.3. The lowest BCUT2D eigenvalue weighted by atomic mass is 9.98. The smallest absolute Gasteiger partial charge is 0.268 e. The number of benzene rings is 1. The van der Waals surface area contributed by atoms with Gasteiger partial charge in [0.25, 0.3) is 17.4 Å². The van der Waals surface area contributed by atoms with Gasteiger partial charge >= 0.3 is 0 Å². The molecule has 3 N–H and O–H groups in total. The number of halogens is 1. The van der Waals surface area contributed by atoms with Crippen molar-refractivity contribution in [3.05, 3.63) is 63.3 Å². The van der Waals surface area contributed by atoms with Crippen molar-refractivity contribution in [2.24, 2.45) is 0 Å². The van der Waals surface area contributed by atoms with Gasteiger partial charge in [-0.3, -0.25) is 23.9 Å². The summed E-state index contributed by atoms with van der Waals surface area (Å²) in [5.41, 5.74) is -1.24. The third-order valence-electron chi connectivity index (χ3n) is 5.53. The first-order chi connectivity index (χ1) is 15.2. The van der Waals surface area contributed by atoms with Crippen LogP contribution in [0.25, 0.3) is 11.0 Å². The van der Waals surface area contributed by atoms with E-state index in [-0.39, 0.29) is 35.6 Å². The van der Waals surface area contributed by atoms with E-state index < -0.39 is 34.3 Å². The first-order valence-electron chi connectivity index (χ1n) is 9.85. The van der Waals surface area contributed by atoms with Crippen molar-refractivity contribution in [2.45, 2.75) is 25.5 Å². The van der Waals surface area contributed by atoms with Crippen molar-refractivity contribution in [3.63, 3.8) is 0 Å². The quantitative estimate of drug-likeness (QED) is 0.558. The summed E-state index contributed by atoms with van der Waals surface area (Å²) in [6.07, 6.45) is 1.72. The molecule has 1 aliphatic rings. The highest BCUT2D eigenvalue weighted by molar-refractivity contribution is 6.02. The number of hydrogen-bond donors (Lipinski definition) is 3. The molecule has 3 heterocycles. The van der Waals surface area contributed by atoms with E-state index in [1.807, 2.05) is 0 Å². The first kappa shape index (κ1) is 21.3. The van der Waals surface area contributed by atoms with Crippen LogP contribution in [0.5, 0.6) is 11.5 Å². The third kappa shape index (κ3) is 3.24. The zero-order valence-electron chi connectivity index (χ0n) is 17.7. The first-order valence-corrected chi connectivity index (χ1v) is 9.85. The number of aromatic nitrogens is 2. The van der Waals surface area contributed by atoms with Crippen LogP contribution in [0, 0.1) is 5.82 Å². The average Bonchev–Trinajstić information content (AvgIpc) is 2.78. The Labute approximate surface area is 181 Å².